The molecular formula is C16H14N2O2S. The van der Waals surface area contributed by atoms with Gasteiger partial charge in [0.25, 0.3) is 5.91 Å². The molecule has 1 aromatic heterocycles. The van der Waals surface area contributed by atoms with E-state index in [-0.39, 0.29) is 5.91 Å². The first-order valence-electron chi connectivity index (χ1n) is 6.39. The molecule has 0 aliphatic heterocycles. The van der Waals surface area contributed by atoms with Gasteiger partial charge in [-0.3, -0.25) is 4.79 Å². The summed E-state index contributed by atoms with van der Waals surface area (Å²) in [6.07, 6.45) is 0. The van der Waals surface area contributed by atoms with Gasteiger partial charge in [-0.25, -0.2) is 0 Å². The maximum absolute atomic E-state index is 12.3. The first-order valence-corrected chi connectivity index (χ1v) is 7.27. The van der Waals surface area contributed by atoms with Crippen molar-refractivity contribution in [1.82, 2.24) is 0 Å². The second kappa shape index (κ2) is 5.46. The molecule has 1 amide bonds. The lowest BCUT2D eigenvalue weighted by molar-refractivity contribution is 0.102. The molecule has 0 bridgehead atoms. The monoisotopic (exact) mass is 298 g/mol. The van der Waals surface area contributed by atoms with Crippen LogP contribution in [0.2, 0.25) is 0 Å². The van der Waals surface area contributed by atoms with Gasteiger partial charge in [-0.05, 0) is 47.2 Å². The standard InChI is InChI=1S/C16H14N2O2S/c1-20-14-8-11(6-12(17)9-14)16(19)18-13-2-3-15-10(7-13)4-5-21-15/h2-9H,17H2,1H3,(H,18,19). The van der Waals surface area contributed by atoms with Gasteiger partial charge in [0.2, 0.25) is 0 Å². The van der Waals surface area contributed by atoms with Gasteiger partial charge >= 0.3 is 0 Å². The number of nitrogens with one attached hydrogen (secondary N) is 1. The molecule has 2 aromatic carbocycles. The summed E-state index contributed by atoms with van der Waals surface area (Å²) in [6, 6.07) is 12.8. The van der Waals surface area contributed by atoms with Crippen LogP contribution in [-0.4, -0.2) is 13.0 Å². The van der Waals surface area contributed by atoms with E-state index in [1.165, 1.54) is 4.70 Å². The summed E-state index contributed by atoms with van der Waals surface area (Å²) >= 11 is 1.67. The van der Waals surface area contributed by atoms with Crippen molar-refractivity contribution in [1.29, 1.82) is 0 Å². The van der Waals surface area contributed by atoms with E-state index in [1.807, 2.05) is 29.6 Å². The molecule has 0 spiro atoms. The highest BCUT2D eigenvalue weighted by Gasteiger charge is 2.09. The smallest absolute Gasteiger partial charge is 0.255 e. The first kappa shape index (κ1) is 13.5. The molecule has 0 aliphatic rings. The molecule has 0 aliphatic carbocycles. The second-order valence-corrected chi connectivity index (χ2v) is 5.57. The average Bonchev–Trinajstić information content (AvgIpc) is 2.94. The molecule has 0 fully saturated rings. The van der Waals surface area contributed by atoms with E-state index in [0.717, 1.165) is 11.1 Å². The number of hydrogen-bond acceptors (Lipinski definition) is 4. The minimum Gasteiger partial charge on any atom is -0.497 e. The Morgan fingerprint density at radius 3 is 2.86 bits per heavy atom. The van der Waals surface area contributed by atoms with Crippen molar-refractivity contribution in [3.8, 4) is 5.75 Å². The Morgan fingerprint density at radius 1 is 1.19 bits per heavy atom. The van der Waals surface area contributed by atoms with Crippen LogP contribution >= 0.6 is 11.3 Å². The fourth-order valence-corrected chi connectivity index (χ4v) is 2.89. The summed E-state index contributed by atoms with van der Waals surface area (Å²) in [5, 5.41) is 6.01. The second-order valence-electron chi connectivity index (χ2n) is 4.62. The number of thiophene rings is 1. The van der Waals surface area contributed by atoms with Gasteiger partial charge in [0.05, 0.1) is 7.11 Å². The van der Waals surface area contributed by atoms with E-state index >= 15 is 0 Å². The molecule has 5 heteroatoms. The Bertz CT molecular complexity index is 811. The lowest BCUT2D eigenvalue weighted by Gasteiger charge is -2.08. The molecule has 1 heterocycles. The van der Waals surface area contributed by atoms with Gasteiger partial charge in [-0.1, -0.05) is 0 Å². The summed E-state index contributed by atoms with van der Waals surface area (Å²) < 4.78 is 6.32. The fraction of sp³-hybridized carbons (Fsp3) is 0.0625. The van der Waals surface area contributed by atoms with Crippen molar-refractivity contribution < 1.29 is 9.53 Å². The predicted octanol–water partition coefficient (Wildman–Crippen LogP) is 3.74. The van der Waals surface area contributed by atoms with Gasteiger partial charge in [0.1, 0.15) is 5.75 Å². The quantitative estimate of drug-likeness (QED) is 0.724. The number of ether oxygens (including phenoxy) is 1. The number of rotatable bonds is 3. The van der Waals surface area contributed by atoms with Gasteiger partial charge in [0.15, 0.2) is 0 Å². The molecule has 0 saturated carbocycles. The van der Waals surface area contributed by atoms with E-state index < -0.39 is 0 Å². The van der Waals surface area contributed by atoms with E-state index in [0.29, 0.717) is 17.0 Å². The minimum absolute atomic E-state index is 0.213. The van der Waals surface area contributed by atoms with Crippen molar-refractivity contribution in [3.05, 3.63) is 53.4 Å². The van der Waals surface area contributed by atoms with Crippen molar-refractivity contribution in [2.75, 3.05) is 18.2 Å². The normalized spacial score (nSPS) is 10.5. The molecule has 3 rings (SSSR count). The maximum Gasteiger partial charge on any atom is 0.255 e. The van der Waals surface area contributed by atoms with Gasteiger partial charge < -0.3 is 15.8 Å². The van der Waals surface area contributed by atoms with Crippen molar-refractivity contribution >= 4 is 38.7 Å². The molecular weight excluding hydrogens is 284 g/mol. The number of fused-ring (bicyclic) bond motifs is 1. The van der Waals surface area contributed by atoms with E-state index in [4.69, 9.17) is 10.5 Å². The lowest BCUT2D eigenvalue weighted by atomic mass is 10.1. The number of methoxy groups -OCH3 is 1. The SMILES string of the molecule is COc1cc(N)cc(C(=O)Nc2ccc3sccc3c2)c1. The molecule has 0 atom stereocenters. The van der Waals surface area contributed by atoms with Crippen LogP contribution < -0.4 is 15.8 Å². The van der Waals surface area contributed by atoms with E-state index in [9.17, 15) is 4.79 Å². The predicted molar refractivity (Wildman–Crippen MR) is 87.2 cm³/mol. The van der Waals surface area contributed by atoms with Crippen LogP contribution in [0.4, 0.5) is 11.4 Å². The summed E-state index contributed by atoms with van der Waals surface area (Å²) in [7, 11) is 1.54. The third-order valence-corrected chi connectivity index (χ3v) is 4.03. The van der Waals surface area contributed by atoms with Gasteiger partial charge in [-0.2, -0.15) is 0 Å². The Labute approximate surface area is 126 Å². The third kappa shape index (κ3) is 2.83. The molecule has 21 heavy (non-hydrogen) atoms. The summed E-state index contributed by atoms with van der Waals surface area (Å²) in [5.74, 6) is 0.351. The number of benzene rings is 2. The Balaban J connectivity index is 1.86. The average molecular weight is 298 g/mol. The van der Waals surface area contributed by atoms with E-state index in [2.05, 4.69) is 5.32 Å². The lowest BCUT2D eigenvalue weighted by Crippen LogP contribution is -2.12. The van der Waals surface area contributed by atoms with Crippen LogP contribution in [-0.2, 0) is 0 Å². The van der Waals surface area contributed by atoms with Crippen molar-refractivity contribution in [3.63, 3.8) is 0 Å². The number of carbonyl (C=O) groups excluding carboxylic acids is 1. The molecule has 106 valence electrons. The van der Waals surface area contributed by atoms with Crippen LogP contribution in [0.3, 0.4) is 0 Å². The fourth-order valence-electron chi connectivity index (χ4n) is 2.12. The highest BCUT2D eigenvalue weighted by molar-refractivity contribution is 7.17. The Kier molecular flexibility index (Phi) is 3.50. The van der Waals surface area contributed by atoms with Crippen LogP contribution in [0, 0.1) is 0 Å². The van der Waals surface area contributed by atoms with Crippen LogP contribution in [0.5, 0.6) is 5.75 Å². The van der Waals surface area contributed by atoms with Crippen LogP contribution in [0.15, 0.2) is 47.8 Å². The largest absolute Gasteiger partial charge is 0.497 e. The van der Waals surface area contributed by atoms with Gasteiger partial charge in [0, 0.05) is 27.7 Å². The summed E-state index contributed by atoms with van der Waals surface area (Å²) in [6.45, 7) is 0. The Morgan fingerprint density at radius 2 is 2.05 bits per heavy atom. The molecule has 3 N–H and O–H groups in total. The summed E-state index contributed by atoms with van der Waals surface area (Å²) in [5.41, 5.74) is 7.49. The Hall–Kier alpha value is -2.53. The summed E-state index contributed by atoms with van der Waals surface area (Å²) in [4.78, 5) is 12.3. The molecule has 0 unspecified atom stereocenters. The minimum atomic E-state index is -0.213. The number of hydrogen-bond donors (Lipinski definition) is 2. The first-order chi connectivity index (χ1) is 10.2. The number of nitrogens with two attached hydrogens (primary N) is 1. The molecule has 3 aromatic rings. The number of amides is 1. The maximum atomic E-state index is 12.3. The third-order valence-electron chi connectivity index (χ3n) is 3.14. The highest BCUT2D eigenvalue weighted by atomic mass is 32.1. The molecule has 4 nitrogen and oxygen atoms in total. The highest BCUT2D eigenvalue weighted by Crippen LogP contribution is 2.25. The zero-order valence-electron chi connectivity index (χ0n) is 11.4. The van der Waals surface area contributed by atoms with Crippen molar-refractivity contribution in [2.24, 2.45) is 0 Å². The van der Waals surface area contributed by atoms with Crippen molar-refractivity contribution in [2.45, 2.75) is 0 Å². The zero-order valence-corrected chi connectivity index (χ0v) is 12.2. The number of anilines is 2. The number of nitrogen functional groups attached to an aromatic ring is 1. The number of carbonyl (C=O) groups is 1. The topological polar surface area (TPSA) is 64.3 Å². The molecule has 0 saturated heterocycles. The van der Waals surface area contributed by atoms with Crippen LogP contribution in [0.1, 0.15) is 10.4 Å². The van der Waals surface area contributed by atoms with E-state index in [1.54, 1.807) is 36.6 Å². The van der Waals surface area contributed by atoms with Crippen LogP contribution in [0.25, 0.3) is 10.1 Å². The zero-order chi connectivity index (χ0) is 14.8. The van der Waals surface area contributed by atoms with Gasteiger partial charge in [-0.15, -0.1) is 11.3 Å². The molecule has 0 radical (unpaired) electrons.